The molecule has 0 aliphatic heterocycles. The highest BCUT2D eigenvalue weighted by molar-refractivity contribution is 5.92. The van der Waals surface area contributed by atoms with Crippen LogP contribution in [-0.4, -0.2) is 10.5 Å². The number of amides is 1. The van der Waals surface area contributed by atoms with Gasteiger partial charge in [0, 0.05) is 12.2 Å². The first-order valence-corrected chi connectivity index (χ1v) is 5.71. The molecule has 1 aromatic rings. The van der Waals surface area contributed by atoms with Crippen molar-refractivity contribution >= 4 is 5.91 Å². The third-order valence-corrected chi connectivity index (χ3v) is 3.21. The fourth-order valence-corrected chi connectivity index (χ4v) is 2.34. The van der Waals surface area contributed by atoms with Crippen molar-refractivity contribution in [3.05, 3.63) is 34.2 Å². The minimum atomic E-state index is -0.643. The molecule has 1 aliphatic rings. The molecule has 4 heteroatoms. The molecule has 2 rings (SSSR count). The summed E-state index contributed by atoms with van der Waals surface area (Å²) in [5.41, 5.74) is 5.00. The molecule has 4 nitrogen and oxygen atoms in total. The number of nitrogens with zero attached hydrogens (tertiary/aromatic N) is 1. The van der Waals surface area contributed by atoms with Gasteiger partial charge in [-0.1, -0.05) is 19.3 Å². The summed E-state index contributed by atoms with van der Waals surface area (Å²) in [6.45, 7) is 0. The standard InChI is InChI=1S/C12H16N2O2/c13-11(15)10-7-4-8-14(12(10)16)9-5-2-1-3-6-9/h4,7-9H,1-3,5-6H2,(H2,13,15). The van der Waals surface area contributed by atoms with E-state index in [1.807, 2.05) is 0 Å². The zero-order chi connectivity index (χ0) is 11.5. The molecule has 0 unspecified atom stereocenters. The Morgan fingerprint density at radius 1 is 1.31 bits per heavy atom. The summed E-state index contributed by atoms with van der Waals surface area (Å²) in [6.07, 6.45) is 7.32. The van der Waals surface area contributed by atoms with Crippen molar-refractivity contribution in [1.29, 1.82) is 0 Å². The van der Waals surface area contributed by atoms with Crippen LogP contribution in [0.5, 0.6) is 0 Å². The number of pyridine rings is 1. The molecule has 1 amide bonds. The first-order valence-electron chi connectivity index (χ1n) is 5.71. The number of carbonyl (C=O) groups excluding carboxylic acids is 1. The number of carbonyl (C=O) groups is 1. The molecule has 1 heterocycles. The number of hydrogen-bond donors (Lipinski definition) is 1. The number of rotatable bonds is 2. The molecular weight excluding hydrogens is 204 g/mol. The van der Waals surface area contributed by atoms with Gasteiger partial charge in [-0.2, -0.15) is 0 Å². The molecule has 1 aliphatic carbocycles. The van der Waals surface area contributed by atoms with Crippen molar-refractivity contribution in [3.63, 3.8) is 0 Å². The molecular formula is C12H16N2O2. The van der Waals surface area contributed by atoms with E-state index in [0.717, 1.165) is 25.7 Å². The van der Waals surface area contributed by atoms with Gasteiger partial charge in [0.2, 0.25) is 0 Å². The highest BCUT2D eigenvalue weighted by Gasteiger charge is 2.18. The number of nitrogens with two attached hydrogens (primary N) is 1. The number of aromatic nitrogens is 1. The van der Waals surface area contributed by atoms with E-state index >= 15 is 0 Å². The summed E-state index contributed by atoms with van der Waals surface area (Å²) in [6, 6.07) is 3.45. The molecule has 16 heavy (non-hydrogen) atoms. The van der Waals surface area contributed by atoms with Gasteiger partial charge in [0.1, 0.15) is 5.56 Å². The van der Waals surface area contributed by atoms with E-state index < -0.39 is 5.91 Å². The van der Waals surface area contributed by atoms with E-state index in [-0.39, 0.29) is 17.2 Å². The third kappa shape index (κ3) is 2.01. The van der Waals surface area contributed by atoms with Crippen molar-refractivity contribution in [3.8, 4) is 0 Å². The summed E-state index contributed by atoms with van der Waals surface area (Å²) < 4.78 is 1.67. The first-order chi connectivity index (χ1) is 7.70. The third-order valence-electron chi connectivity index (χ3n) is 3.21. The van der Waals surface area contributed by atoms with Crippen LogP contribution >= 0.6 is 0 Å². The van der Waals surface area contributed by atoms with Gasteiger partial charge in [0.05, 0.1) is 0 Å². The summed E-state index contributed by atoms with van der Waals surface area (Å²) in [5.74, 6) is -0.643. The van der Waals surface area contributed by atoms with Crippen LogP contribution in [0, 0.1) is 0 Å². The molecule has 86 valence electrons. The van der Waals surface area contributed by atoms with Crippen molar-refractivity contribution in [1.82, 2.24) is 4.57 Å². The average molecular weight is 220 g/mol. The number of primary amides is 1. The molecule has 0 bridgehead atoms. The molecule has 0 radical (unpaired) electrons. The van der Waals surface area contributed by atoms with Crippen LogP contribution in [0.25, 0.3) is 0 Å². The summed E-state index contributed by atoms with van der Waals surface area (Å²) in [4.78, 5) is 23.0. The van der Waals surface area contributed by atoms with Crippen molar-refractivity contribution in [2.45, 2.75) is 38.1 Å². The maximum absolute atomic E-state index is 12.0. The summed E-state index contributed by atoms with van der Waals surface area (Å²) in [5, 5.41) is 0. The zero-order valence-electron chi connectivity index (χ0n) is 9.19. The Labute approximate surface area is 94.1 Å². The predicted octanol–water partition coefficient (Wildman–Crippen LogP) is 1.45. The summed E-state index contributed by atoms with van der Waals surface area (Å²) >= 11 is 0. The lowest BCUT2D eigenvalue weighted by atomic mass is 9.95. The highest BCUT2D eigenvalue weighted by Crippen LogP contribution is 2.26. The second kappa shape index (κ2) is 4.51. The molecule has 1 fully saturated rings. The minimum Gasteiger partial charge on any atom is -0.365 e. The first kappa shape index (κ1) is 10.9. The molecule has 0 spiro atoms. The maximum atomic E-state index is 12.0. The Bertz CT molecular complexity index is 445. The topological polar surface area (TPSA) is 65.1 Å². The van der Waals surface area contributed by atoms with Crippen molar-refractivity contribution in [2.24, 2.45) is 5.73 Å². The molecule has 1 saturated carbocycles. The lowest BCUT2D eigenvalue weighted by Gasteiger charge is -2.24. The van der Waals surface area contributed by atoms with Crippen LogP contribution in [0.3, 0.4) is 0 Å². The molecule has 1 aromatic heterocycles. The zero-order valence-corrected chi connectivity index (χ0v) is 9.19. The monoisotopic (exact) mass is 220 g/mol. The van der Waals surface area contributed by atoms with Crippen LogP contribution in [-0.2, 0) is 0 Å². The molecule has 0 atom stereocenters. The summed E-state index contributed by atoms with van der Waals surface area (Å²) in [7, 11) is 0. The van der Waals surface area contributed by atoms with E-state index in [2.05, 4.69) is 0 Å². The van der Waals surface area contributed by atoms with E-state index in [0.29, 0.717) is 0 Å². The van der Waals surface area contributed by atoms with Crippen molar-refractivity contribution < 1.29 is 4.79 Å². The lowest BCUT2D eigenvalue weighted by Crippen LogP contribution is -2.32. The Morgan fingerprint density at radius 2 is 2.00 bits per heavy atom. The lowest BCUT2D eigenvalue weighted by molar-refractivity contribution is 0.0998. The Morgan fingerprint density at radius 3 is 2.62 bits per heavy atom. The SMILES string of the molecule is NC(=O)c1cccn(C2CCCCC2)c1=O. The largest absolute Gasteiger partial charge is 0.365 e. The molecule has 2 N–H and O–H groups in total. The van der Waals surface area contributed by atoms with E-state index in [1.165, 1.54) is 12.5 Å². The second-order valence-corrected chi connectivity index (χ2v) is 4.29. The fourth-order valence-electron chi connectivity index (χ4n) is 2.34. The van der Waals surface area contributed by atoms with E-state index in [1.54, 1.807) is 16.8 Å². The second-order valence-electron chi connectivity index (χ2n) is 4.29. The number of hydrogen-bond acceptors (Lipinski definition) is 2. The predicted molar refractivity (Wildman–Crippen MR) is 61.3 cm³/mol. The van der Waals surface area contributed by atoms with Crippen LogP contribution < -0.4 is 11.3 Å². The van der Waals surface area contributed by atoms with Gasteiger partial charge in [0.25, 0.3) is 11.5 Å². The van der Waals surface area contributed by atoms with Gasteiger partial charge < -0.3 is 10.3 Å². The van der Waals surface area contributed by atoms with Gasteiger partial charge in [-0.3, -0.25) is 9.59 Å². The van der Waals surface area contributed by atoms with Crippen LogP contribution in [0.1, 0.15) is 48.5 Å². The Kier molecular flexibility index (Phi) is 3.08. The maximum Gasteiger partial charge on any atom is 0.263 e. The van der Waals surface area contributed by atoms with Crippen LogP contribution in [0.15, 0.2) is 23.1 Å². The highest BCUT2D eigenvalue weighted by atomic mass is 16.2. The van der Waals surface area contributed by atoms with Gasteiger partial charge >= 0.3 is 0 Å². The van der Waals surface area contributed by atoms with Gasteiger partial charge in [-0.15, -0.1) is 0 Å². The minimum absolute atomic E-state index is 0.0908. The van der Waals surface area contributed by atoms with E-state index in [9.17, 15) is 9.59 Å². The Hall–Kier alpha value is -1.58. The van der Waals surface area contributed by atoms with Crippen LogP contribution in [0.4, 0.5) is 0 Å². The fraction of sp³-hybridized carbons (Fsp3) is 0.500. The smallest absolute Gasteiger partial charge is 0.263 e. The quantitative estimate of drug-likeness (QED) is 0.819. The average Bonchev–Trinajstić information content (AvgIpc) is 2.30. The van der Waals surface area contributed by atoms with E-state index in [4.69, 9.17) is 5.73 Å². The van der Waals surface area contributed by atoms with Gasteiger partial charge in [-0.05, 0) is 25.0 Å². The van der Waals surface area contributed by atoms with Crippen LogP contribution in [0.2, 0.25) is 0 Å². The molecule has 0 saturated heterocycles. The molecule has 0 aromatic carbocycles. The van der Waals surface area contributed by atoms with Gasteiger partial charge in [-0.25, -0.2) is 0 Å². The van der Waals surface area contributed by atoms with Crippen molar-refractivity contribution in [2.75, 3.05) is 0 Å². The normalized spacial score (nSPS) is 17.2. The Balaban J connectivity index is 2.37. The van der Waals surface area contributed by atoms with Gasteiger partial charge in [0.15, 0.2) is 0 Å².